The van der Waals surface area contributed by atoms with Crippen LogP contribution < -0.4 is 10.1 Å². The lowest BCUT2D eigenvalue weighted by Gasteiger charge is -2.13. The van der Waals surface area contributed by atoms with Crippen LogP contribution in [0, 0.1) is 0 Å². The van der Waals surface area contributed by atoms with E-state index in [-0.39, 0.29) is 23.6 Å². The fourth-order valence-corrected chi connectivity index (χ4v) is 1.94. The van der Waals surface area contributed by atoms with E-state index in [0.717, 1.165) is 17.7 Å². The third-order valence-electron chi connectivity index (χ3n) is 3.14. The highest BCUT2D eigenvalue weighted by Crippen LogP contribution is 2.27. The van der Waals surface area contributed by atoms with Crippen LogP contribution in [-0.4, -0.2) is 25.2 Å². The Morgan fingerprint density at radius 3 is 2.36 bits per heavy atom. The van der Waals surface area contributed by atoms with Gasteiger partial charge in [0.2, 0.25) is 0 Å². The molecule has 0 saturated carbocycles. The normalized spacial score (nSPS) is 10.9. The van der Waals surface area contributed by atoms with Gasteiger partial charge >= 0.3 is 18.1 Å². The van der Waals surface area contributed by atoms with Crippen LogP contribution in [0.4, 0.5) is 18.9 Å². The molecule has 0 bridgehead atoms. The summed E-state index contributed by atoms with van der Waals surface area (Å²) in [6.45, 7) is 0.0848. The monoisotopic (exact) mass is 353 g/mol. The van der Waals surface area contributed by atoms with E-state index in [2.05, 4.69) is 4.74 Å². The Morgan fingerprint density at radius 2 is 1.76 bits per heavy atom. The Hall–Kier alpha value is -3.03. The number of carbonyl (C=O) groups excluding carboxylic acids is 2. The summed E-state index contributed by atoms with van der Waals surface area (Å²) in [5.74, 6) is -2.83. The standard InChI is InChI=1S/C17H14F3NO4/c1-24-15(22)13-8-7-12(21-16(23)17(18,19)20)9-14(13)25-10-11-5-3-2-4-6-11/h2-9H,10H2,1H3,(H,21,23). The highest BCUT2D eigenvalue weighted by molar-refractivity contribution is 5.97. The van der Waals surface area contributed by atoms with Gasteiger partial charge in [0.15, 0.2) is 0 Å². The van der Waals surface area contributed by atoms with Gasteiger partial charge in [0.05, 0.1) is 7.11 Å². The van der Waals surface area contributed by atoms with Gasteiger partial charge in [-0.25, -0.2) is 4.79 Å². The number of alkyl halides is 3. The summed E-state index contributed by atoms with van der Waals surface area (Å²) in [5, 5.41) is 1.71. The number of methoxy groups -OCH3 is 1. The molecule has 0 saturated heterocycles. The highest BCUT2D eigenvalue weighted by atomic mass is 19.4. The van der Waals surface area contributed by atoms with E-state index in [1.54, 1.807) is 29.6 Å². The largest absolute Gasteiger partial charge is 0.488 e. The molecule has 5 nitrogen and oxygen atoms in total. The molecule has 0 heterocycles. The molecule has 0 atom stereocenters. The molecule has 2 aromatic carbocycles. The van der Waals surface area contributed by atoms with Gasteiger partial charge in [-0.15, -0.1) is 0 Å². The third-order valence-corrected chi connectivity index (χ3v) is 3.14. The Balaban J connectivity index is 2.25. The first-order chi connectivity index (χ1) is 11.8. The first-order valence-corrected chi connectivity index (χ1v) is 7.08. The lowest BCUT2D eigenvalue weighted by Crippen LogP contribution is -2.29. The molecule has 132 valence electrons. The Morgan fingerprint density at radius 1 is 1.08 bits per heavy atom. The van der Waals surface area contributed by atoms with Crippen molar-refractivity contribution in [3.63, 3.8) is 0 Å². The number of esters is 1. The fraction of sp³-hybridized carbons (Fsp3) is 0.176. The smallest absolute Gasteiger partial charge is 0.471 e. The van der Waals surface area contributed by atoms with Gasteiger partial charge < -0.3 is 14.8 Å². The average molecular weight is 353 g/mol. The Kier molecular flexibility index (Phi) is 5.63. The van der Waals surface area contributed by atoms with Crippen LogP contribution in [0.25, 0.3) is 0 Å². The number of benzene rings is 2. The molecule has 25 heavy (non-hydrogen) atoms. The van der Waals surface area contributed by atoms with E-state index >= 15 is 0 Å². The van der Waals surface area contributed by atoms with Crippen molar-refractivity contribution in [1.29, 1.82) is 0 Å². The molecule has 1 N–H and O–H groups in total. The second-order valence-electron chi connectivity index (χ2n) is 4.93. The van der Waals surface area contributed by atoms with Crippen LogP contribution in [0.3, 0.4) is 0 Å². The molecule has 0 radical (unpaired) electrons. The molecule has 0 unspecified atom stereocenters. The van der Waals surface area contributed by atoms with Crippen molar-refractivity contribution in [3.05, 3.63) is 59.7 Å². The molecule has 2 rings (SSSR count). The Bertz CT molecular complexity index is 760. The van der Waals surface area contributed by atoms with Gasteiger partial charge in [0.1, 0.15) is 17.9 Å². The molecule has 0 aliphatic heterocycles. The van der Waals surface area contributed by atoms with Crippen molar-refractivity contribution < 1.29 is 32.2 Å². The first kappa shape index (κ1) is 18.3. The first-order valence-electron chi connectivity index (χ1n) is 7.08. The molecule has 0 aliphatic carbocycles. The van der Waals surface area contributed by atoms with Crippen LogP contribution in [0.5, 0.6) is 5.75 Å². The zero-order valence-corrected chi connectivity index (χ0v) is 13.1. The lowest BCUT2D eigenvalue weighted by atomic mass is 10.1. The van der Waals surface area contributed by atoms with E-state index in [1.807, 2.05) is 6.07 Å². The summed E-state index contributed by atoms with van der Waals surface area (Å²) in [6.07, 6.45) is -5.02. The highest BCUT2D eigenvalue weighted by Gasteiger charge is 2.38. The number of hydrogen-bond acceptors (Lipinski definition) is 4. The van der Waals surface area contributed by atoms with Crippen LogP contribution in [0.1, 0.15) is 15.9 Å². The molecule has 1 amide bonds. The second-order valence-corrected chi connectivity index (χ2v) is 4.93. The molecule has 0 fully saturated rings. The summed E-state index contributed by atoms with van der Waals surface area (Å²) in [5.41, 5.74) is 0.671. The summed E-state index contributed by atoms with van der Waals surface area (Å²) in [6, 6.07) is 12.5. The van der Waals surface area contributed by atoms with Gasteiger partial charge in [-0.2, -0.15) is 13.2 Å². The van der Waals surface area contributed by atoms with E-state index in [1.165, 1.54) is 13.2 Å². The van der Waals surface area contributed by atoms with Gasteiger partial charge in [-0.05, 0) is 17.7 Å². The molecule has 0 aromatic heterocycles. The minimum absolute atomic E-state index is 0.00400. The average Bonchev–Trinajstić information content (AvgIpc) is 2.59. The topological polar surface area (TPSA) is 64.6 Å². The SMILES string of the molecule is COC(=O)c1ccc(NC(=O)C(F)(F)F)cc1OCc1ccccc1. The number of anilines is 1. The van der Waals surface area contributed by atoms with Gasteiger partial charge in [-0.1, -0.05) is 30.3 Å². The van der Waals surface area contributed by atoms with Gasteiger partial charge in [-0.3, -0.25) is 4.79 Å². The summed E-state index contributed by atoms with van der Waals surface area (Å²) >= 11 is 0. The van der Waals surface area contributed by atoms with Crippen molar-refractivity contribution in [2.75, 3.05) is 12.4 Å². The minimum Gasteiger partial charge on any atom is -0.488 e. The third kappa shape index (κ3) is 4.97. The molecule has 0 spiro atoms. The van der Waals surface area contributed by atoms with Crippen LogP contribution in [-0.2, 0) is 16.1 Å². The fourth-order valence-electron chi connectivity index (χ4n) is 1.94. The van der Waals surface area contributed by atoms with Crippen molar-refractivity contribution in [2.24, 2.45) is 0 Å². The quantitative estimate of drug-likeness (QED) is 0.835. The Labute approximate surface area is 141 Å². The van der Waals surface area contributed by atoms with Crippen molar-refractivity contribution in [3.8, 4) is 5.75 Å². The number of ether oxygens (including phenoxy) is 2. The molecule has 2 aromatic rings. The van der Waals surface area contributed by atoms with E-state index in [0.29, 0.717) is 0 Å². The number of halogens is 3. The van der Waals surface area contributed by atoms with Crippen molar-refractivity contribution in [1.82, 2.24) is 0 Å². The molecular weight excluding hydrogens is 339 g/mol. The maximum absolute atomic E-state index is 12.3. The van der Waals surface area contributed by atoms with Crippen LogP contribution >= 0.6 is 0 Å². The van der Waals surface area contributed by atoms with Gasteiger partial charge in [0, 0.05) is 11.8 Å². The number of nitrogens with one attached hydrogen (secondary N) is 1. The van der Waals surface area contributed by atoms with E-state index in [4.69, 9.17) is 4.74 Å². The molecule has 8 heteroatoms. The predicted molar refractivity (Wildman–Crippen MR) is 83.2 cm³/mol. The lowest BCUT2D eigenvalue weighted by molar-refractivity contribution is -0.167. The second kappa shape index (κ2) is 7.69. The summed E-state index contributed by atoms with van der Waals surface area (Å²) in [4.78, 5) is 22.8. The van der Waals surface area contributed by atoms with Crippen molar-refractivity contribution in [2.45, 2.75) is 12.8 Å². The summed E-state index contributed by atoms with van der Waals surface area (Å²) in [7, 11) is 1.17. The minimum atomic E-state index is -5.02. The van der Waals surface area contributed by atoms with E-state index in [9.17, 15) is 22.8 Å². The maximum atomic E-state index is 12.3. The zero-order valence-electron chi connectivity index (χ0n) is 13.1. The number of amides is 1. The number of rotatable bonds is 5. The number of carbonyl (C=O) groups is 2. The van der Waals surface area contributed by atoms with Gasteiger partial charge in [0.25, 0.3) is 0 Å². The van der Waals surface area contributed by atoms with Crippen molar-refractivity contribution >= 4 is 17.6 Å². The molecular formula is C17H14F3NO4. The number of hydrogen-bond donors (Lipinski definition) is 1. The predicted octanol–water partition coefficient (Wildman–Crippen LogP) is 3.55. The van der Waals surface area contributed by atoms with E-state index < -0.39 is 18.1 Å². The van der Waals surface area contributed by atoms with Crippen LogP contribution in [0.2, 0.25) is 0 Å². The maximum Gasteiger partial charge on any atom is 0.471 e. The molecule has 0 aliphatic rings. The zero-order chi connectivity index (χ0) is 18.4. The van der Waals surface area contributed by atoms with Crippen LogP contribution in [0.15, 0.2) is 48.5 Å². The summed E-state index contributed by atoms with van der Waals surface area (Å²) < 4.78 is 47.2.